The van der Waals surface area contributed by atoms with Crippen LogP contribution in [0.25, 0.3) is 22.3 Å². The van der Waals surface area contributed by atoms with E-state index >= 15 is 8.78 Å². The van der Waals surface area contributed by atoms with Gasteiger partial charge in [-0.1, -0.05) is 35.6 Å². The van der Waals surface area contributed by atoms with Crippen LogP contribution in [-0.4, -0.2) is 230 Å². The summed E-state index contributed by atoms with van der Waals surface area (Å²) < 4.78 is 133. The Morgan fingerprint density at radius 1 is 0.496 bits per heavy atom. The average Bonchev–Trinajstić information content (AvgIpc) is 1.53. The highest BCUT2D eigenvalue weighted by molar-refractivity contribution is 7.81. The molecule has 0 radical (unpaired) electrons. The second-order valence-electron chi connectivity index (χ2n) is 38.1. The minimum absolute atomic E-state index is 0.0558. The van der Waals surface area contributed by atoms with Crippen molar-refractivity contribution in [3.63, 3.8) is 0 Å². The van der Waals surface area contributed by atoms with Gasteiger partial charge in [-0.05, 0) is 189 Å². The Kier molecular flexibility index (Phi) is 36.0. The van der Waals surface area contributed by atoms with Crippen molar-refractivity contribution in [3.8, 4) is 33.8 Å². The number of β-lactam (4-membered cyclic amide) rings is 2. The van der Waals surface area contributed by atoms with E-state index in [9.17, 15) is 66.0 Å². The van der Waals surface area contributed by atoms with E-state index in [2.05, 4.69) is 76.0 Å². The number of hydroxylamine groups is 4. The van der Waals surface area contributed by atoms with Crippen LogP contribution in [0.5, 0.6) is 11.5 Å². The molecule has 2 aromatic carbocycles. The summed E-state index contributed by atoms with van der Waals surface area (Å²) in [5.41, 5.74) is -11.8. The van der Waals surface area contributed by atoms with Gasteiger partial charge in [-0.3, -0.25) is 29.8 Å². The molecule has 10 amide bonds. The number of thiazole rings is 2. The van der Waals surface area contributed by atoms with Crippen molar-refractivity contribution in [2.75, 3.05) is 60.8 Å². The number of amides is 10. The van der Waals surface area contributed by atoms with Gasteiger partial charge in [0.1, 0.15) is 121 Å². The first kappa shape index (κ1) is 111. The number of benzene rings is 2. The van der Waals surface area contributed by atoms with Crippen molar-refractivity contribution in [1.29, 1.82) is 0 Å². The van der Waals surface area contributed by atoms with Gasteiger partial charge in [0.2, 0.25) is 0 Å². The maximum absolute atomic E-state index is 16.7. The molecule has 2 saturated heterocycles. The van der Waals surface area contributed by atoms with Crippen LogP contribution in [-0.2, 0) is 122 Å². The van der Waals surface area contributed by atoms with Gasteiger partial charge >= 0.3 is 70.5 Å². The third kappa shape index (κ3) is 32.2. The number of rotatable bonds is 40. The Bertz CT molecular complexity index is 5430. The molecule has 139 heavy (non-hydrogen) atoms. The number of nitrogens with one attached hydrogen (secondary N) is 8. The fraction of sp³-hybridized carbons (Fsp3) is 0.523. The lowest BCUT2D eigenvalue weighted by Crippen LogP contribution is -2.78. The Hall–Kier alpha value is -13.7. The van der Waals surface area contributed by atoms with E-state index in [1.54, 1.807) is 119 Å². The first-order valence-corrected chi connectivity index (χ1v) is 46.3. The van der Waals surface area contributed by atoms with Gasteiger partial charge in [0.25, 0.3) is 35.8 Å². The third-order valence-corrected chi connectivity index (χ3v) is 20.8. The van der Waals surface area contributed by atoms with E-state index in [-0.39, 0.29) is 117 Å². The number of halogens is 2. The van der Waals surface area contributed by atoms with E-state index in [4.69, 9.17) is 65.6 Å². The van der Waals surface area contributed by atoms with Crippen molar-refractivity contribution < 1.29 is 150 Å². The molecule has 46 nitrogen and oxygen atoms in total. The van der Waals surface area contributed by atoms with Gasteiger partial charge in [0.05, 0.1) is 47.7 Å². The number of esters is 2. The molecule has 8 N–H and O–H groups in total. The Balaban J connectivity index is 1.00. The molecule has 0 unspecified atom stereocenters. The first-order valence-electron chi connectivity index (χ1n) is 43.2. The Labute approximate surface area is 808 Å². The maximum atomic E-state index is 16.7. The molecule has 6 heterocycles. The summed E-state index contributed by atoms with van der Waals surface area (Å²) in [6, 6.07) is 3.76. The summed E-state index contributed by atoms with van der Waals surface area (Å²) in [5, 5.41) is 31.0. The van der Waals surface area contributed by atoms with Gasteiger partial charge < -0.3 is 78.3 Å². The number of carbonyl (C=O) groups is 12. The quantitative estimate of drug-likeness (QED) is 0.00259. The van der Waals surface area contributed by atoms with Crippen LogP contribution in [0.15, 0.2) is 95.2 Å². The lowest BCUT2D eigenvalue weighted by Gasteiger charge is -2.52. The van der Waals surface area contributed by atoms with Crippen LogP contribution < -0.4 is 61.4 Å². The minimum Gasteiger partial charge on any atom is -0.489 e. The predicted octanol–water partition coefficient (Wildman–Crippen LogP) is 10.5. The van der Waals surface area contributed by atoms with E-state index in [0.717, 1.165) is 34.8 Å². The lowest BCUT2D eigenvalue weighted by molar-refractivity contribution is -0.740. The van der Waals surface area contributed by atoms with Crippen molar-refractivity contribution in [3.05, 3.63) is 108 Å². The molecule has 2 aliphatic rings. The zero-order chi connectivity index (χ0) is 104. The maximum Gasteiger partial charge on any atom is 0.505 e. The summed E-state index contributed by atoms with van der Waals surface area (Å²) in [7, 11) is -2.42. The van der Waals surface area contributed by atoms with Crippen molar-refractivity contribution in [2.24, 2.45) is 24.4 Å². The molecule has 8 rings (SSSR count). The molecule has 4 atom stereocenters. The van der Waals surface area contributed by atoms with Crippen molar-refractivity contribution in [2.45, 2.75) is 247 Å². The van der Waals surface area contributed by atoms with Gasteiger partial charge in [-0.15, -0.1) is 31.2 Å². The van der Waals surface area contributed by atoms with Crippen molar-refractivity contribution >= 4 is 139 Å². The molecule has 0 spiro atoms. The van der Waals surface area contributed by atoms with E-state index in [1.165, 1.54) is 126 Å². The molecule has 760 valence electrons. The average molecular weight is 2010 g/mol. The fourth-order valence-corrected chi connectivity index (χ4v) is 14.8. The van der Waals surface area contributed by atoms with Gasteiger partial charge in [-0.25, -0.2) is 56.9 Å². The number of anilines is 4. The zero-order valence-electron chi connectivity index (χ0n) is 81.6. The number of hydrogen-bond acceptors (Lipinski definition) is 34. The van der Waals surface area contributed by atoms with Crippen LogP contribution >= 0.6 is 22.7 Å². The van der Waals surface area contributed by atoms with Gasteiger partial charge in [0.15, 0.2) is 21.7 Å². The van der Waals surface area contributed by atoms with E-state index in [1.807, 2.05) is 0 Å². The normalized spacial score (nSPS) is 15.4. The molecule has 51 heteroatoms. The number of carbonyl (C=O) groups excluding carboxylic acids is 12. The van der Waals surface area contributed by atoms with Gasteiger partial charge in [0, 0.05) is 47.1 Å². The number of oxime groups is 2. The van der Waals surface area contributed by atoms with Crippen LogP contribution in [0.1, 0.15) is 177 Å². The number of alkyl carbamates (subject to hydrolysis) is 2. The van der Waals surface area contributed by atoms with Crippen LogP contribution in [0.2, 0.25) is 0 Å². The highest BCUT2D eigenvalue weighted by Crippen LogP contribution is 2.39. The molecule has 2 aliphatic heterocycles. The van der Waals surface area contributed by atoms with Crippen LogP contribution in [0, 0.1) is 11.6 Å². The highest BCUT2D eigenvalue weighted by Gasteiger charge is 2.62. The van der Waals surface area contributed by atoms with Crippen LogP contribution in [0.4, 0.5) is 59.4 Å². The fourth-order valence-electron chi connectivity index (χ4n) is 12.5. The summed E-state index contributed by atoms with van der Waals surface area (Å²) in [4.78, 5) is 183. The second kappa shape index (κ2) is 45.3. The molecular formula is C88H120F2N18O28S3+2. The smallest absolute Gasteiger partial charge is 0.489 e. The second-order valence-corrected chi connectivity index (χ2v) is 40.9. The first-order chi connectivity index (χ1) is 64.3. The lowest BCUT2D eigenvalue weighted by atomic mass is 9.84. The molecule has 4 aromatic heterocycles. The monoisotopic (exact) mass is 2010 g/mol. The number of aromatic nitrogens is 6. The Morgan fingerprint density at radius 2 is 0.827 bits per heavy atom. The van der Waals surface area contributed by atoms with Crippen molar-refractivity contribution in [1.82, 2.24) is 50.7 Å². The molecule has 6 aromatic rings. The minimum atomic E-state index is -5.61. The molecular weight excluding hydrogens is 1890 g/mol. The standard InChI is InChI=1S/C88H118F2N18O28S3/c1-27-39-123-77(117)97-65-53(43-105(103(65)25)37-29-35-91-75(115)129-83(9,10)11)51-33-31-49(41-55(51)89)125-45-59(71(113)127-81(3,4)5)133-101-61(57-47-137-73(93-57)99-79(119)131-85(15,16)17)67(109)95-63-69(111)107(87(63,21)22)135-139(121,122)136-108-70(112)64(88(108,23)24)96-68(110)62(58-48-138-74(94-58)100-80(120)132-86(18,19)20)102-134-60(72(114)128-82(6,7)8)46-126-50-32-34-52(56(90)42-50)54-44-106(38-30-36-92-76(116)130-84(12,13)14)104(26)66(54)98-78(118)124-40-28-2/h27-28,31-34,41-44,47-48,59-60,63-64H,1-2,29-30,35-40,45-46H2,3-26H3,(H6,91,92,93,94,95,96,99,100,109,110,115,116,119,120)/p+2/b101-61-,102-62-/t59-,60-,63+,64+/m0/s1. The molecule has 0 saturated carbocycles. The highest BCUT2D eigenvalue weighted by atomic mass is 32.3. The summed E-state index contributed by atoms with van der Waals surface area (Å²) in [6.45, 7) is 40.0. The van der Waals surface area contributed by atoms with E-state index in [0.29, 0.717) is 12.8 Å². The summed E-state index contributed by atoms with van der Waals surface area (Å²) in [5.74, 6) is -9.39. The SMILES string of the molecule is C=CCOC(=O)Nc1c(-c2ccc(OC[C@H](O/N=C(\C(=O)N[C@@H]3C(=O)N(OS(=O)(=O)ON4C(=O)[C@@H](NC(=O)/C(=N\O[C@@H](COc5ccc(-c6cn(CCCNC(=O)OC(C)(C)C)[n+](C)c6NC(=O)OCC=C)c(F)c5)C(=O)OC(C)(C)C)c5csc(NC(=O)OC(C)(C)C)n5)C4(C)C)C3(C)C)c3csc(NC(=O)OC(C)(C)C)n3)C(=O)OC(C)(C)C)cc2F)cn(CCCNC(=O)OC(C)(C)C)[n+]1C. The number of hydrogen-bond donors (Lipinski definition) is 8. The largest absolute Gasteiger partial charge is 0.505 e. The topological polar surface area (TPSA) is 539 Å². The molecule has 2 fully saturated rings. The van der Waals surface area contributed by atoms with Crippen LogP contribution in [0.3, 0.4) is 0 Å². The number of nitrogens with zero attached hydrogens (tertiary/aromatic N) is 10. The molecule has 0 bridgehead atoms. The molecule has 0 aliphatic carbocycles. The summed E-state index contributed by atoms with van der Waals surface area (Å²) >= 11 is 1.52. The zero-order valence-corrected chi connectivity index (χ0v) is 84.1. The Morgan fingerprint density at radius 3 is 1.14 bits per heavy atom. The van der Waals surface area contributed by atoms with E-state index < -0.39 is 188 Å². The number of ether oxygens (including phenoxy) is 10. The van der Waals surface area contributed by atoms with Gasteiger partial charge in [-0.2, -0.15) is 48.1 Å². The third-order valence-electron chi connectivity index (χ3n) is 18.6. The summed E-state index contributed by atoms with van der Waals surface area (Å²) in [6.07, 6.45) is -2.33. The number of aryl methyl sites for hydroxylation is 2. The predicted molar refractivity (Wildman–Crippen MR) is 496 cm³/mol.